The molecule has 16 heavy (non-hydrogen) atoms. The lowest BCUT2D eigenvalue weighted by Gasteiger charge is -2.09. The van der Waals surface area contributed by atoms with Crippen molar-refractivity contribution in [3.05, 3.63) is 23.0 Å². The van der Waals surface area contributed by atoms with Gasteiger partial charge in [-0.3, -0.25) is 9.78 Å². The van der Waals surface area contributed by atoms with E-state index < -0.39 is 5.97 Å². The molecular formula is C11H13N3O2. The van der Waals surface area contributed by atoms with Gasteiger partial charge in [-0.05, 0) is 19.9 Å². The molecular weight excluding hydrogens is 206 g/mol. The third-order valence-corrected chi connectivity index (χ3v) is 2.09. The summed E-state index contributed by atoms with van der Waals surface area (Å²) in [6, 6.07) is 3.80. The van der Waals surface area contributed by atoms with Crippen LogP contribution in [0.15, 0.2) is 6.07 Å². The second-order valence-electron chi connectivity index (χ2n) is 3.45. The minimum atomic E-state index is -0.867. The van der Waals surface area contributed by atoms with Gasteiger partial charge in [0.15, 0.2) is 0 Å². The van der Waals surface area contributed by atoms with E-state index in [4.69, 9.17) is 10.4 Å². The van der Waals surface area contributed by atoms with Gasteiger partial charge in [-0.25, -0.2) is 0 Å². The van der Waals surface area contributed by atoms with Crippen LogP contribution in [0.2, 0.25) is 0 Å². The van der Waals surface area contributed by atoms with E-state index in [1.165, 1.54) is 0 Å². The number of nitriles is 1. The molecule has 1 heterocycles. The van der Waals surface area contributed by atoms with E-state index in [-0.39, 0.29) is 6.42 Å². The number of hydrogen-bond acceptors (Lipinski definition) is 4. The molecule has 0 aromatic carbocycles. The third-order valence-electron chi connectivity index (χ3n) is 2.09. The first kappa shape index (κ1) is 12.0. The first-order valence-electron chi connectivity index (χ1n) is 4.88. The van der Waals surface area contributed by atoms with Crippen molar-refractivity contribution in [3.63, 3.8) is 0 Å². The Kier molecular flexibility index (Phi) is 3.84. The standard InChI is InChI=1S/C11H13N3O2/c1-7-5-10(13-4-3-11(15)16)9(6-12)8(2)14-7/h5H,3-4H2,1-2H3,(H,13,14)(H,15,16). The van der Waals surface area contributed by atoms with Gasteiger partial charge in [0.2, 0.25) is 0 Å². The van der Waals surface area contributed by atoms with Crippen molar-refractivity contribution in [2.45, 2.75) is 20.3 Å². The van der Waals surface area contributed by atoms with Crippen LogP contribution < -0.4 is 5.32 Å². The number of pyridine rings is 1. The largest absolute Gasteiger partial charge is 0.481 e. The topological polar surface area (TPSA) is 86.0 Å². The number of hydrogen-bond donors (Lipinski definition) is 2. The van der Waals surface area contributed by atoms with E-state index in [1.54, 1.807) is 13.0 Å². The van der Waals surface area contributed by atoms with Crippen molar-refractivity contribution >= 4 is 11.7 Å². The zero-order chi connectivity index (χ0) is 12.1. The summed E-state index contributed by atoms with van der Waals surface area (Å²) in [4.78, 5) is 14.5. The highest BCUT2D eigenvalue weighted by atomic mass is 16.4. The Morgan fingerprint density at radius 3 is 2.88 bits per heavy atom. The van der Waals surface area contributed by atoms with E-state index in [2.05, 4.69) is 16.4 Å². The highest BCUT2D eigenvalue weighted by Crippen LogP contribution is 2.18. The lowest BCUT2D eigenvalue weighted by atomic mass is 10.1. The van der Waals surface area contributed by atoms with Crippen LogP contribution in [0.1, 0.15) is 23.4 Å². The Labute approximate surface area is 93.7 Å². The molecule has 0 aliphatic heterocycles. The number of carboxylic acids is 1. The molecule has 0 amide bonds. The maximum absolute atomic E-state index is 10.4. The molecule has 5 heteroatoms. The smallest absolute Gasteiger partial charge is 0.305 e. The SMILES string of the molecule is Cc1cc(NCCC(=O)O)c(C#N)c(C)n1. The molecule has 84 valence electrons. The number of aromatic nitrogens is 1. The summed E-state index contributed by atoms with van der Waals surface area (Å²) in [6.45, 7) is 3.89. The summed E-state index contributed by atoms with van der Waals surface area (Å²) in [6.07, 6.45) is 0.0191. The molecule has 0 saturated carbocycles. The van der Waals surface area contributed by atoms with Gasteiger partial charge in [0.25, 0.3) is 0 Å². The van der Waals surface area contributed by atoms with E-state index in [0.29, 0.717) is 23.5 Å². The van der Waals surface area contributed by atoms with Crippen molar-refractivity contribution in [2.24, 2.45) is 0 Å². The van der Waals surface area contributed by atoms with Crippen molar-refractivity contribution in [3.8, 4) is 6.07 Å². The predicted molar refractivity (Wildman–Crippen MR) is 59.2 cm³/mol. The zero-order valence-electron chi connectivity index (χ0n) is 9.24. The van der Waals surface area contributed by atoms with Gasteiger partial charge < -0.3 is 10.4 Å². The molecule has 0 spiro atoms. The minimum Gasteiger partial charge on any atom is -0.481 e. The van der Waals surface area contributed by atoms with E-state index in [1.807, 2.05) is 6.92 Å². The number of anilines is 1. The Hall–Kier alpha value is -2.09. The highest BCUT2D eigenvalue weighted by molar-refractivity contribution is 5.68. The quantitative estimate of drug-likeness (QED) is 0.800. The van der Waals surface area contributed by atoms with Gasteiger partial charge in [0.1, 0.15) is 6.07 Å². The van der Waals surface area contributed by atoms with Crippen LogP contribution in [0.25, 0.3) is 0 Å². The fourth-order valence-corrected chi connectivity index (χ4v) is 1.41. The Morgan fingerprint density at radius 2 is 2.31 bits per heavy atom. The number of carbonyl (C=O) groups is 1. The maximum Gasteiger partial charge on any atom is 0.305 e. The van der Waals surface area contributed by atoms with Crippen LogP contribution in [0.4, 0.5) is 5.69 Å². The number of aryl methyl sites for hydroxylation is 2. The molecule has 0 atom stereocenters. The van der Waals surface area contributed by atoms with Crippen LogP contribution >= 0.6 is 0 Å². The van der Waals surface area contributed by atoms with Crippen LogP contribution in [0.3, 0.4) is 0 Å². The Morgan fingerprint density at radius 1 is 1.62 bits per heavy atom. The number of nitrogens with one attached hydrogen (secondary N) is 1. The van der Waals surface area contributed by atoms with Crippen molar-refractivity contribution in [2.75, 3.05) is 11.9 Å². The summed E-state index contributed by atoms with van der Waals surface area (Å²) >= 11 is 0. The fraction of sp³-hybridized carbons (Fsp3) is 0.364. The van der Waals surface area contributed by atoms with E-state index in [9.17, 15) is 4.79 Å². The van der Waals surface area contributed by atoms with Crippen molar-refractivity contribution in [1.29, 1.82) is 5.26 Å². The summed E-state index contributed by atoms with van der Waals surface area (Å²) in [5, 5.41) is 20.4. The Bertz CT molecular complexity index is 449. The predicted octanol–water partition coefficient (Wildman–Crippen LogP) is 1.46. The van der Waals surface area contributed by atoms with Crippen molar-refractivity contribution in [1.82, 2.24) is 4.98 Å². The number of carboxylic acid groups (broad SMARTS) is 1. The second-order valence-corrected chi connectivity index (χ2v) is 3.45. The lowest BCUT2D eigenvalue weighted by molar-refractivity contribution is -0.136. The third kappa shape index (κ3) is 2.95. The maximum atomic E-state index is 10.4. The van der Waals surface area contributed by atoms with Gasteiger partial charge in [-0.1, -0.05) is 0 Å². The molecule has 1 rings (SSSR count). The number of nitrogens with zero attached hydrogens (tertiary/aromatic N) is 2. The molecule has 5 nitrogen and oxygen atoms in total. The molecule has 0 radical (unpaired) electrons. The highest BCUT2D eigenvalue weighted by Gasteiger charge is 2.07. The molecule has 1 aromatic heterocycles. The first-order chi connectivity index (χ1) is 7.54. The van der Waals surface area contributed by atoms with Crippen LogP contribution in [0, 0.1) is 25.2 Å². The van der Waals surface area contributed by atoms with Crippen LogP contribution in [0.5, 0.6) is 0 Å². The molecule has 1 aromatic rings. The average Bonchev–Trinajstić information content (AvgIpc) is 2.16. The Balaban J connectivity index is 2.86. The average molecular weight is 219 g/mol. The second kappa shape index (κ2) is 5.12. The van der Waals surface area contributed by atoms with Gasteiger partial charge in [-0.15, -0.1) is 0 Å². The lowest BCUT2D eigenvalue weighted by Crippen LogP contribution is -2.09. The van der Waals surface area contributed by atoms with Crippen LogP contribution in [-0.2, 0) is 4.79 Å². The summed E-state index contributed by atoms with van der Waals surface area (Å²) in [5.41, 5.74) is 2.57. The fourth-order valence-electron chi connectivity index (χ4n) is 1.41. The molecule has 2 N–H and O–H groups in total. The normalized spacial score (nSPS) is 9.56. The molecule has 0 aliphatic carbocycles. The number of rotatable bonds is 4. The minimum absolute atomic E-state index is 0.0191. The van der Waals surface area contributed by atoms with Gasteiger partial charge >= 0.3 is 5.97 Å². The van der Waals surface area contributed by atoms with E-state index >= 15 is 0 Å². The molecule has 0 unspecified atom stereocenters. The molecule has 0 saturated heterocycles. The molecule has 0 fully saturated rings. The van der Waals surface area contributed by atoms with Gasteiger partial charge in [0.05, 0.1) is 23.4 Å². The monoisotopic (exact) mass is 219 g/mol. The van der Waals surface area contributed by atoms with Crippen LogP contribution in [-0.4, -0.2) is 22.6 Å². The van der Waals surface area contributed by atoms with Gasteiger partial charge in [-0.2, -0.15) is 5.26 Å². The number of aliphatic carboxylic acids is 1. The summed E-state index contributed by atoms with van der Waals surface area (Å²) in [5.74, 6) is -0.867. The van der Waals surface area contributed by atoms with Gasteiger partial charge in [0, 0.05) is 12.2 Å². The summed E-state index contributed by atoms with van der Waals surface area (Å²) < 4.78 is 0. The summed E-state index contributed by atoms with van der Waals surface area (Å²) in [7, 11) is 0. The first-order valence-corrected chi connectivity index (χ1v) is 4.88. The van der Waals surface area contributed by atoms with E-state index in [0.717, 1.165) is 5.69 Å². The van der Waals surface area contributed by atoms with Crippen molar-refractivity contribution < 1.29 is 9.90 Å². The molecule has 0 bridgehead atoms. The zero-order valence-corrected chi connectivity index (χ0v) is 9.24. The molecule has 0 aliphatic rings.